The molecule has 2 aliphatic rings. The number of imide groups is 1. The number of nitrogens with one attached hydrogen (secondary N) is 1. The molecule has 1 aromatic rings. The largest absolute Gasteiger partial charge is 0.411 e. The van der Waals surface area contributed by atoms with E-state index in [1.807, 2.05) is 0 Å². The average Bonchev–Trinajstić information content (AvgIpc) is 2.79. The molecule has 0 spiro atoms. The molecule has 1 N–H and O–H groups in total. The Morgan fingerprint density at radius 3 is 2.12 bits per heavy atom. The number of benzene rings is 1. The standard InChI is InChI=1S/C19H26N2O4Si/c1-19(2,3)26(4,5)25-14-10-11-20-16(22)15(14)21-17(23)12-8-6-7-9-13(12)18(21)24/h6-9,14-15H,10-11H2,1-5H3,(H,20,22)/t14-,15+/m0/s1. The van der Waals surface area contributed by atoms with E-state index in [4.69, 9.17) is 4.43 Å². The van der Waals surface area contributed by atoms with Crippen LogP contribution in [-0.2, 0) is 9.22 Å². The zero-order valence-corrected chi connectivity index (χ0v) is 17.0. The molecule has 3 amide bonds. The number of amides is 3. The molecule has 1 saturated heterocycles. The van der Waals surface area contributed by atoms with Crippen molar-refractivity contribution in [1.29, 1.82) is 0 Å². The molecule has 1 aromatic carbocycles. The first-order chi connectivity index (χ1) is 12.0. The number of fused-ring (bicyclic) bond motifs is 1. The van der Waals surface area contributed by atoms with Crippen LogP contribution in [0.25, 0.3) is 0 Å². The first-order valence-electron chi connectivity index (χ1n) is 8.97. The molecule has 0 unspecified atom stereocenters. The van der Waals surface area contributed by atoms with Crippen molar-refractivity contribution in [3.63, 3.8) is 0 Å². The van der Waals surface area contributed by atoms with Gasteiger partial charge in [-0.05, 0) is 36.7 Å². The average molecular weight is 375 g/mol. The molecule has 0 radical (unpaired) electrons. The maximum Gasteiger partial charge on any atom is 0.262 e. The topological polar surface area (TPSA) is 75.7 Å². The van der Waals surface area contributed by atoms with Crippen LogP contribution in [0.4, 0.5) is 0 Å². The zero-order valence-electron chi connectivity index (χ0n) is 16.0. The van der Waals surface area contributed by atoms with Crippen molar-refractivity contribution in [3.05, 3.63) is 35.4 Å². The minimum atomic E-state index is -2.17. The lowest BCUT2D eigenvalue weighted by molar-refractivity contribution is -0.130. The summed E-state index contributed by atoms with van der Waals surface area (Å²) in [6.07, 6.45) is 0.0999. The summed E-state index contributed by atoms with van der Waals surface area (Å²) >= 11 is 0. The predicted molar refractivity (Wildman–Crippen MR) is 100 cm³/mol. The first kappa shape index (κ1) is 18.8. The molecule has 0 bridgehead atoms. The van der Waals surface area contributed by atoms with E-state index in [-0.39, 0.29) is 10.9 Å². The third kappa shape index (κ3) is 2.99. The summed E-state index contributed by atoms with van der Waals surface area (Å²) in [5.74, 6) is -1.16. The highest BCUT2D eigenvalue weighted by molar-refractivity contribution is 6.74. The van der Waals surface area contributed by atoms with Crippen molar-refractivity contribution in [2.75, 3.05) is 6.54 Å². The molecule has 2 atom stereocenters. The highest BCUT2D eigenvalue weighted by atomic mass is 28.4. The fourth-order valence-electron chi connectivity index (χ4n) is 3.19. The molecule has 2 aliphatic heterocycles. The van der Waals surface area contributed by atoms with Gasteiger partial charge in [0.25, 0.3) is 11.8 Å². The van der Waals surface area contributed by atoms with Crippen molar-refractivity contribution in [1.82, 2.24) is 10.2 Å². The predicted octanol–water partition coefficient (Wildman–Crippen LogP) is 2.56. The Hall–Kier alpha value is -1.99. The van der Waals surface area contributed by atoms with Gasteiger partial charge in [0.05, 0.1) is 17.2 Å². The van der Waals surface area contributed by atoms with Crippen molar-refractivity contribution in [2.24, 2.45) is 0 Å². The van der Waals surface area contributed by atoms with Gasteiger partial charge < -0.3 is 9.74 Å². The van der Waals surface area contributed by atoms with E-state index in [1.54, 1.807) is 24.3 Å². The highest BCUT2D eigenvalue weighted by Crippen LogP contribution is 2.39. The fraction of sp³-hybridized carbons (Fsp3) is 0.526. The van der Waals surface area contributed by atoms with E-state index in [0.717, 1.165) is 4.90 Å². The Kier molecular flexibility index (Phi) is 4.56. The number of carbonyl (C=O) groups excluding carboxylic acids is 3. The molecule has 140 valence electrons. The minimum Gasteiger partial charge on any atom is -0.411 e. The second kappa shape index (κ2) is 6.31. The van der Waals surface area contributed by atoms with Crippen LogP contribution in [0.1, 0.15) is 47.9 Å². The van der Waals surface area contributed by atoms with Gasteiger partial charge in [-0.3, -0.25) is 19.3 Å². The Labute approximate surface area is 155 Å². The summed E-state index contributed by atoms with van der Waals surface area (Å²) in [6, 6.07) is 5.76. The molecule has 3 rings (SSSR count). The number of nitrogens with zero attached hydrogens (tertiary/aromatic N) is 1. The molecular formula is C19H26N2O4Si. The van der Waals surface area contributed by atoms with Crippen LogP contribution >= 0.6 is 0 Å². The lowest BCUT2D eigenvalue weighted by Crippen LogP contribution is -2.62. The van der Waals surface area contributed by atoms with Gasteiger partial charge in [-0.2, -0.15) is 0 Å². The van der Waals surface area contributed by atoms with Gasteiger partial charge in [0.15, 0.2) is 8.32 Å². The van der Waals surface area contributed by atoms with E-state index in [2.05, 4.69) is 39.2 Å². The number of carbonyl (C=O) groups is 3. The van der Waals surface area contributed by atoms with Gasteiger partial charge in [0.2, 0.25) is 5.91 Å². The number of piperidine rings is 1. The molecule has 2 heterocycles. The molecule has 1 fully saturated rings. The molecule has 7 heteroatoms. The maximum absolute atomic E-state index is 12.8. The quantitative estimate of drug-likeness (QED) is 0.652. The van der Waals surface area contributed by atoms with Crippen LogP contribution in [-0.4, -0.2) is 49.6 Å². The summed E-state index contributed by atoms with van der Waals surface area (Å²) in [6.45, 7) is 11.1. The first-order valence-corrected chi connectivity index (χ1v) is 11.9. The van der Waals surface area contributed by atoms with Crippen LogP contribution in [0.2, 0.25) is 18.1 Å². The summed E-state index contributed by atoms with van der Waals surface area (Å²) in [7, 11) is -2.17. The van der Waals surface area contributed by atoms with Crippen LogP contribution in [0.5, 0.6) is 0 Å². The van der Waals surface area contributed by atoms with Gasteiger partial charge in [-0.25, -0.2) is 0 Å². The second-order valence-electron chi connectivity index (χ2n) is 8.47. The van der Waals surface area contributed by atoms with E-state index in [0.29, 0.717) is 24.1 Å². The molecule has 0 aliphatic carbocycles. The molecule has 0 saturated carbocycles. The van der Waals surface area contributed by atoms with Crippen LogP contribution < -0.4 is 5.32 Å². The van der Waals surface area contributed by atoms with Gasteiger partial charge in [0, 0.05) is 6.54 Å². The zero-order chi connectivity index (χ0) is 19.3. The van der Waals surface area contributed by atoms with Gasteiger partial charge in [-0.15, -0.1) is 0 Å². The van der Waals surface area contributed by atoms with Crippen molar-refractivity contribution < 1.29 is 18.8 Å². The number of hydrogen-bond acceptors (Lipinski definition) is 4. The Bertz CT molecular complexity index is 734. The van der Waals surface area contributed by atoms with E-state index < -0.39 is 32.3 Å². The van der Waals surface area contributed by atoms with E-state index in [9.17, 15) is 14.4 Å². The Morgan fingerprint density at radius 1 is 1.08 bits per heavy atom. The van der Waals surface area contributed by atoms with Crippen molar-refractivity contribution in [2.45, 2.75) is 57.5 Å². The molecule has 0 aromatic heterocycles. The smallest absolute Gasteiger partial charge is 0.262 e. The SMILES string of the molecule is CC(C)(C)[Si](C)(C)O[C@H]1CCNC(=O)[C@@H]1N1C(=O)c2ccccc2C1=O. The lowest BCUT2D eigenvalue weighted by atomic mass is 10.0. The lowest BCUT2D eigenvalue weighted by Gasteiger charge is -2.44. The Balaban J connectivity index is 1.95. The van der Waals surface area contributed by atoms with Gasteiger partial charge in [0.1, 0.15) is 6.04 Å². The molecule has 26 heavy (non-hydrogen) atoms. The molecular weight excluding hydrogens is 348 g/mol. The monoisotopic (exact) mass is 374 g/mol. The molecule has 6 nitrogen and oxygen atoms in total. The summed E-state index contributed by atoms with van der Waals surface area (Å²) in [5.41, 5.74) is 0.698. The fourth-order valence-corrected chi connectivity index (χ4v) is 4.55. The van der Waals surface area contributed by atoms with Crippen LogP contribution in [0, 0.1) is 0 Å². The minimum absolute atomic E-state index is 0.0343. The van der Waals surface area contributed by atoms with Gasteiger partial charge in [-0.1, -0.05) is 32.9 Å². The van der Waals surface area contributed by atoms with Gasteiger partial charge >= 0.3 is 0 Å². The number of rotatable bonds is 3. The third-order valence-electron chi connectivity index (χ3n) is 5.70. The van der Waals surface area contributed by atoms with E-state index in [1.165, 1.54) is 0 Å². The van der Waals surface area contributed by atoms with Crippen LogP contribution in [0.15, 0.2) is 24.3 Å². The van der Waals surface area contributed by atoms with Crippen molar-refractivity contribution >= 4 is 26.0 Å². The third-order valence-corrected chi connectivity index (χ3v) is 10.2. The van der Waals surface area contributed by atoms with Crippen LogP contribution in [0.3, 0.4) is 0 Å². The summed E-state index contributed by atoms with van der Waals surface area (Å²) in [5, 5.41) is 2.75. The van der Waals surface area contributed by atoms with Crippen molar-refractivity contribution in [3.8, 4) is 0 Å². The Morgan fingerprint density at radius 2 is 1.62 bits per heavy atom. The second-order valence-corrected chi connectivity index (χ2v) is 13.2. The maximum atomic E-state index is 12.8. The van der Waals surface area contributed by atoms with E-state index >= 15 is 0 Å². The number of hydrogen-bond donors (Lipinski definition) is 1. The normalized spacial score (nSPS) is 23.9. The summed E-state index contributed by atoms with van der Waals surface area (Å²) in [4.78, 5) is 39.4. The highest BCUT2D eigenvalue weighted by Gasteiger charge is 2.50. The summed E-state index contributed by atoms with van der Waals surface area (Å²) < 4.78 is 6.47.